The van der Waals surface area contributed by atoms with E-state index in [0.29, 0.717) is 0 Å². The van der Waals surface area contributed by atoms with Gasteiger partial charge in [-0.25, -0.2) is 9.97 Å². The molecule has 106 valence electrons. The molecule has 0 fully saturated rings. The Bertz CT molecular complexity index is 925. The van der Waals surface area contributed by atoms with E-state index in [1.165, 1.54) is 0 Å². The van der Waals surface area contributed by atoms with Crippen molar-refractivity contribution in [1.29, 1.82) is 0 Å². The summed E-state index contributed by atoms with van der Waals surface area (Å²) in [6, 6.07) is 22.4. The predicted octanol–water partition coefficient (Wildman–Crippen LogP) is 4.30. The lowest BCUT2D eigenvalue weighted by Gasteiger charge is -2.07. The Morgan fingerprint density at radius 2 is 1.36 bits per heavy atom. The Morgan fingerprint density at radius 1 is 0.727 bits per heavy atom. The summed E-state index contributed by atoms with van der Waals surface area (Å²) in [5, 5.41) is 1.08. The van der Waals surface area contributed by atoms with E-state index in [2.05, 4.69) is 18.2 Å². The summed E-state index contributed by atoms with van der Waals surface area (Å²) in [7, 11) is 2.01. The van der Waals surface area contributed by atoms with Crippen LogP contribution in [-0.2, 0) is 7.05 Å². The maximum absolute atomic E-state index is 4.83. The van der Waals surface area contributed by atoms with Gasteiger partial charge in [0.05, 0.1) is 5.69 Å². The molecular formula is C19H15N3. The fourth-order valence-corrected chi connectivity index (χ4v) is 2.67. The summed E-state index contributed by atoms with van der Waals surface area (Å²) >= 11 is 0. The molecule has 0 unspecified atom stereocenters. The first-order valence-corrected chi connectivity index (χ1v) is 7.27. The first-order valence-electron chi connectivity index (χ1n) is 7.27. The highest BCUT2D eigenvalue weighted by atomic mass is 15.0. The number of aryl methyl sites for hydroxylation is 1. The molecule has 0 aliphatic rings. The molecule has 2 heterocycles. The lowest BCUT2D eigenvalue weighted by Crippen LogP contribution is -1.96. The summed E-state index contributed by atoms with van der Waals surface area (Å²) in [5.74, 6) is 0.758. The molecule has 22 heavy (non-hydrogen) atoms. The Balaban J connectivity index is 2.03. The van der Waals surface area contributed by atoms with Gasteiger partial charge in [-0.1, -0.05) is 60.7 Å². The molecule has 0 saturated heterocycles. The van der Waals surface area contributed by atoms with E-state index in [0.717, 1.165) is 33.7 Å². The molecule has 0 radical (unpaired) electrons. The highest BCUT2D eigenvalue weighted by Crippen LogP contribution is 2.29. The Kier molecular flexibility index (Phi) is 2.97. The number of rotatable bonds is 2. The minimum atomic E-state index is 0.758. The largest absolute Gasteiger partial charge is 0.335 e. The monoisotopic (exact) mass is 285 g/mol. The molecule has 0 aliphatic carbocycles. The molecule has 0 amide bonds. The zero-order valence-corrected chi connectivity index (χ0v) is 12.3. The smallest absolute Gasteiger partial charge is 0.162 e. The third-order valence-electron chi connectivity index (χ3n) is 3.80. The first-order chi connectivity index (χ1) is 10.8. The highest BCUT2D eigenvalue weighted by Gasteiger charge is 2.12. The molecule has 3 nitrogen and oxygen atoms in total. The van der Waals surface area contributed by atoms with Crippen LogP contribution in [0.3, 0.4) is 0 Å². The van der Waals surface area contributed by atoms with Crippen LogP contribution in [0.25, 0.3) is 33.7 Å². The summed E-state index contributed by atoms with van der Waals surface area (Å²) in [6.45, 7) is 0. The minimum Gasteiger partial charge on any atom is -0.335 e. The van der Waals surface area contributed by atoms with Gasteiger partial charge in [-0.05, 0) is 6.07 Å². The number of nitrogens with zero attached hydrogens (tertiary/aromatic N) is 3. The topological polar surface area (TPSA) is 30.7 Å². The second-order valence-corrected chi connectivity index (χ2v) is 5.29. The van der Waals surface area contributed by atoms with E-state index in [-0.39, 0.29) is 0 Å². The molecule has 0 N–H and O–H groups in total. The van der Waals surface area contributed by atoms with Crippen molar-refractivity contribution in [3.8, 4) is 22.6 Å². The van der Waals surface area contributed by atoms with Gasteiger partial charge in [0.25, 0.3) is 0 Å². The van der Waals surface area contributed by atoms with Crippen LogP contribution in [0.1, 0.15) is 0 Å². The van der Waals surface area contributed by atoms with Gasteiger partial charge in [0.15, 0.2) is 5.82 Å². The summed E-state index contributed by atoms with van der Waals surface area (Å²) in [4.78, 5) is 9.57. The van der Waals surface area contributed by atoms with Crippen molar-refractivity contribution in [3.63, 3.8) is 0 Å². The summed E-state index contributed by atoms with van der Waals surface area (Å²) in [6.07, 6.45) is 2.03. The lowest BCUT2D eigenvalue weighted by molar-refractivity contribution is 0.945. The molecule has 0 atom stereocenters. The van der Waals surface area contributed by atoms with E-state index in [4.69, 9.17) is 9.97 Å². The normalized spacial score (nSPS) is 11.0. The van der Waals surface area contributed by atoms with Crippen LogP contribution in [0.15, 0.2) is 72.9 Å². The van der Waals surface area contributed by atoms with Crippen LogP contribution in [0.2, 0.25) is 0 Å². The summed E-state index contributed by atoms with van der Waals surface area (Å²) < 4.78 is 2.04. The van der Waals surface area contributed by atoms with Crippen LogP contribution >= 0.6 is 0 Å². The fourth-order valence-electron chi connectivity index (χ4n) is 2.67. The fraction of sp³-hybridized carbons (Fsp3) is 0.0526. The van der Waals surface area contributed by atoms with Gasteiger partial charge in [0.2, 0.25) is 0 Å². The van der Waals surface area contributed by atoms with E-state index >= 15 is 0 Å². The van der Waals surface area contributed by atoms with Crippen molar-refractivity contribution >= 4 is 11.0 Å². The first kappa shape index (κ1) is 12.8. The van der Waals surface area contributed by atoms with E-state index in [9.17, 15) is 0 Å². The number of hydrogen-bond donors (Lipinski definition) is 0. The van der Waals surface area contributed by atoms with Crippen LogP contribution in [-0.4, -0.2) is 14.5 Å². The van der Waals surface area contributed by atoms with Crippen LogP contribution in [0, 0.1) is 0 Å². The zero-order valence-electron chi connectivity index (χ0n) is 12.3. The van der Waals surface area contributed by atoms with Gasteiger partial charge >= 0.3 is 0 Å². The third-order valence-corrected chi connectivity index (χ3v) is 3.80. The average Bonchev–Trinajstić information content (AvgIpc) is 2.97. The molecule has 0 bridgehead atoms. The Labute approximate surface area is 128 Å². The van der Waals surface area contributed by atoms with Gasteiger partial charge in [-0.3, -0.25) is 0 Å². The van der Waals surface area contributed by atoms with Crippen LogP contribution in [0.4, 0.5) is 0 Å². The van der Waals surface area contributed by atoms with Crippen molar-refractivity contribution < 1.29 is 0 Å². The van der Waals surface area contributed by atoms with Gasteiger partial charge in [-0.15, -0.1) is 0 Å². The van der Waals surface area contributed by atoms with Gasteiger partial charge < -0.3 is 4.57 Å². The number of benzene rings is 2. The molecule has 4 aromatic rings. The molecule has 3 heteroatoms. The van der Waals surface area contributed by atoms with Gasteiger partial charge in [0, 0.05) is 29.8 Å². The Morgan fingerprint density at radius 3 is 2.05 bits per heavy atom. The number of hydrogen-bond acceptors (Lipinski definition) is 2. The molecule has 4 rings (SSSR count). The maximum Gasteiger partial charge on any atom is 0.162 e. The van der Waals surface area contributed by atoms with Crippen LogP contribution in [0.5, 0.6) is 0 Å². The summed E-state index contributed by atoms with van der Waals surface area (Å²) in [5.41, 5.74) is 4.07. The van der Waals surface area contributed by atoms with Gasteiger partial charge in [-0.2, -0.15) is 0 Å². The van der Waals surface area contributed by atoms with Crippen molar-refractivity contribution in [2.24, 2.45) is 7.05 Å². The lowest BCUT2D eigenvalue weighted by atomic mass is 10.1. The van der Waals surface area contributed by atoms with Crippen molar-refractivity contribution in [2.45, 2.75) is 0 Å². The van der Waals surface area contributed by atoms with E-state index in [1.54, 1.807) is 0 Å². The number of fused-ring (bicyclic) bond motifs is 1. The predicted molar refractivity (Wildman–Crippen MR) is 89.4 cm³/mol. The standard InChI is InChI=1S/C19H15N3/c1-22-13-12-16-17(14-8-4-2-5-9-14)20-18(21-19(16)22)15-10-6-3-7-11-15/h2-13H,1H3. The van der Waals surface area contributed by atoms with Crippen molar-refractivity contribution in [3.05, 3.63) is 72.9 Å². The minimum absolute atomic E-state index is 0.758. The second-order valence-electron chi connectivity index (χ2n) is 5.29. The average molecular weight is 285 g/mol. The van der Waals surface area contributed by atoms with Crippen molar-refractivity contribution in [1.82, 2.24) is 14.5 Å². The van der Waals surface area contributed by atoms with E-state index < -0.39 is 0 Å². The van der Waals surface area contributed by atoms with Crippen LogP contribution < -0.4 is 0 Å². The highest BCUT2D eigenvalue weighted by molar-refractivity contribution is 5.92. The third kappa shape index (κ3) is 2.07. The molecule has 2 aromatic carbocycles. The molecule has 0 spiro atoms. The SMILES string of the molecule is Cn1ccc2c(-c3ccccc3)nc(-c3ccccc3)nc21. The second kappa shape index (κ2) is 5.11. The molecular weight excluding hydrogens is 270 g/mol. The van der Waals surface area contributed by atoms with Crippen molar-refractivity contribution in [2.75, 3.05) is 0 Å². The molecule has 0 saturated carbocycles. The van der Waals surface area contributed by atoms with Gasteiger partial charge in [0.1, 0.15) is 5.65 Å². The molecule has 0 aliphatic heterocycles. The maximum atomic E-state index is 4.83. The quantitative estimate of drug-likeness (QED) is 0.549. The van der Waals surface area contributed by atoms with E-state index in [1.807, 2.05) is 66.3 Å². The Hall–Kier alpha value is -2.94. The zero-order chi connectivity index (χ0) is 14.9. The molecule has 2 aromatic heterocycles. The number of aromatic nitrogens is 3.